The van der Waals surface area contributed by atoms with Gasteiger partial charge in [0.05, 0.1) is 16.4 Å². The highest BCUT2D eigenvalue weighted by Crippen LogP contribution is 2.30. The molecule has 1 unspecified atom stereocenters. The first-order valence-corrected chi connectivity index (χ1v) is 8.03. The fourth-order valence-electron chi connectivity index (χ4n) is 3.22. The van der Waals surface area contributed by atoms with Gasteiger partial charge in [-0.3, -0.25) is 4.68 Å². The van der Waals surface area contributed by atoms with Gasteiger partial charge >= 0.3 is 0 Å². The summed E-state index contributed by atoms with van der Waals surface area (Å²) in [6.07, 6.45) is 8.35. The van der Waals surface area contributed by atoms with Gasteiger partial charge in [0.15, 0.2) is 0 Å². The molecule has 1 atom stereocenters. The van der Waals surface area contributed by atoms with Gasteiger partial charge in [-0.15, -0.1) is 0 Å². The quantitative estimate of drug-likeness (QED) is 0.867. The summed E-state index contributed by atoms with van der Waals surface area (Å²) in [6, 6.07) is 0.215. The normalized spacial score (nSPS) is 18.1. The Hall–Kier alpha value is -0.540. The monoisotopic (exact) mass is 283 g/mol. The van der Waals surface area contributed by atoms with Crippen molar-refractivity contribution in [3.05, 3.63) is 16.4 Å². The van der Waals surface area contributed by atoms with Crippen molar-refractivity contribution in [3.8, 4) is 0 Å². The van der Waals surface area contributed by atoms with Gasteiger partial charge in [-0.1, -0.05) is 44.2 Å². The fraction of sp³-hybridized carbons (Fsp3) is 0.800. The van der Waals surface area contributed by atoms with Crippen LogP contribution in [0.4, 0.5) is 0 Å². The van der Waals surface area contributed by atoms with E-state index in [0.29, 0.717) is 0 Å². The number of rotatable bonds is 6. The summed E-state index contributed by atoms with van der Waals surface area (Å²) in [4.78, 5) is 0. The maximum atomic E-state index is 6.43. The Morgan fingerprint density at radius 1 is 1.37 bits per heavy atom. The Labute approximate surface area is 121 Å². The number of nitrogens with two attached hydrogens (primary N) is 1. The summed E-state index contributed by atoms with van der Waals surface area (Å²) in [5.41, 5.74) is 8.47. The van der Waals surface area contributed by atoms with E-state index in [1.807, 2.05) is 4.68 Å². The first-order valence-electron chi connectivity index (χ1n) is 7.65. The standard InChI is InChI=1S/C15H26ClN3/c1-3-13-15(16)14(19(4-2)18-13)10-12(17)9-11-7-5-6-8-11/h11-12H,3-10,17H2,1-2H3. The maximum Gasteiger partial charge on any atom is 0.0850 e. The minimum Gasteiger partial charge on any atom is -0.327 e. The molecule has 0 aromatic carbocycles. The summed E-state index contributed by atoms with van der Waals surface area (Å²) in [5.74, 6) is 0.831. The molecular formula is C15H26ClN3. The van der Waals surface area contributed by atoms with Crippen LogP contribution in [0.5, 0.6) is 0 Å². The van der Waals surface area contributed by atoms with Crippen molar-refractivity contribution in [1.29, 1.82) is 0 Å². The summed E-state index contributed by atoms with van der Waals surface area (Å²) in [7, 11) is 0. The van der Waals surface area contributed by atoms with Gasteiger partial charge in [0.2, 0.25) is 0 Å². The molecule has 0 saturated heterocycles. The second-order valence-corrected chi connectivity index (χ2v) is 6.11. The van der Waals surface area contributed by atoms with Crippen molar-refractivity contribution >= 4 is 11.6 Å². The van der Waals surface area contributed by atoms with E-state index in [2.05, 4.69) is 18.9 Å². The van der Waals surface area contributed by atoms with Crippen LogP contribution >= 0.6 is 11.6 Å². The number of hydrogen-bond acceptors (Lipinski definition) is 2. The van der Waals surface area contributed by atoms with Crippen LogP contribution in [0.2, 0.25) is 5.02 Å². The second kappa shape index (κ2) is 6.76. The number of nitrogens with zero attached hydrogens (tertiary/aromatic N) is 2. The molecule has 2 rings (SSSR count). The summed E-state index contributed by atoms with van der Waals surface area (Å²) >= 11 is 6.43. The van der Waals surface area contributed by atoms with E-state index in [-0.39, 0.29) is 6.04 Å². The van der Waals surface area contributed by atoms with Crippen LogP contribution in [-0.4, -0.2) is 15.8 Å². The molecule has 4 heteroatoms. The highest BCUT2D eigenvalue weighted by atomic mass is 35.5. The van der Waals surface area contributed by atoms with Gasteiger partial charge < -0.3 is 5.73 Å². The summed E-state index contributed by atoms with van der Waals surface area (Å²) < 4.78 is 2.02. The van der Waals surface area contributed by atoms with E-state index < -0.39 is 0 Å². The molecule has 1 heterocycles. The van der Waals surface area contributed by atoms with Crippen molar-refractivity contribution in [3.63, 3.8) is 0 Å². The predicted molar refractivity (Wildman–Crippen MR) is 80.5 cm³/mol. The largest absolute Gasteiger partial charge is 0.327 e. The van der Waals surface area contributed by atoms with Crippen LogP contribution in [0.3, 0.4) is 0 Å². The third-order valence-corrected chi connectivity index (χ3v) is 4.70. The zero-order valence-corrected chi connectivity index (χ0v) is 12.9. The molecule has 1 fully saturated rings. The van der Waals surface area contributed by atoms with Crippen molar-refractivity contribution in [1.82, 2.24) is 9.78 Å². The molecule has 0 spiro atoms. The highest BCUT2D eigenvalue weighted by Gasteiger charge is 2.21. The Morgan fingerprint density at radius 3 is 2.63 bits per heavy atom. The predicted octanol–water partition coefficient (Wildman–Crippen LogP) is 3.57. The molecule has 0 bridgehead atoms. The Morgan fingerprint density at radius 2 is 2.05 bits per heavy atom. The molecule has 2 N–H and O–H groups in total. The minimum absolute atomic E-state index is 0.215. The zero-order valence-electron chi connectivity index (χ0n) is 12.2. The summed E-state index contributed by atoms with van der Waals surface area (Å²) in [5, 5.41) is 5.40. The number of halogens is 1. The van der Waals surface area contributed by atoms with Crippen LogP contribution in [0.25, 0.3) is 0 Å². The van der Waals surface area contributed by atoms with Gasteiger partial charge in [-0.05, 0) is 25.7 Å². The average molecular weight is 284 g/mol. The molecule has 0 radical (unpaired) electrons. The van der Waals surface area contributed by atoms with Crippen LogP contribution in [0, 0.1) is 5.92 Å². The highest BCUT2D eigenvalue weighted by molar-refractivity contribution is 6.31. The maximum absolute atomic E-state index is 6.43. The number of aryl methyl sites for hydroxylation is 2. The molecule has 1 aromatic heterocycles. The van der Waals surface area contributed by atoms with Crippen LogP contribution in [-0.2, 0) is 19.4 Å². The lowest BCUT2D eigenvalue weighted by Gasteiger charge is -2.17. The van der Waals surface area contributed by atoms with E-state index in [1.165, 1.54) is 25.7 Å². The Bertz CT molecular complexity index is 408. The lowest BCUT2D eigenvalue weighted by Crippen LogP contribution is -2.27. The van der Waals surface area contributed by atoms with Crippen molar-refractivity contribution in [2.24, 2.45) is 11.7 Å². The van der Waals surface area contributed by atoms with Gasteiger partial charge in [0, 0.05) is 19.0 Å². The number of aromatic nitrogens is 2. The second-order valence-electron chi connectivity index (χ2n) is 5.73. The van der Waals surface area contributed by atoms with E-state index >= 15 is 0 Å². The molecule has 1 aliphatic rings. The van der Waals surface area contributed by atoms with Crippen LogP contribution < -0.4 is 5.73 Å². The van der Waals surface area contributed by atoms with Gasteiger partial charge in [-0.2, -0.15) is 5.10 Å². The fourth-order valence-corrected chi connectivity index (χ4v) is 3.56. The van der Waals surface area contributed by atoms with E-state index in [1.54, 1.807) is 0 Å². The first-order chi connectivity index (χ1) is 9.15. The smallest absolute Gasteiger partial charge is 0.0850 e. The van der Waals surface area contributed by atoms with E-state index in [4.69, 9.17) is 17.3 Å². The average Bonchev–Trinajstić information content (AvgIpc) is 2.99. The molecule has 1 aliphatic carbocycles. The van der Waals surface area contributed by atoms with Crippen molar-refractivity contribution < 1.29 is 0 Å². The molecule has 0 amide bonds. The van der Waals surface area contributed by atoms with Crippen LogP contribution in [0.1, 0.15) is 57.3 Å². The summed E-state index contributed by atoms with van der Waals surface area (Å²) in [6.45, 7) is 5.07. The molecule has 108 valence electrons. The molecule has 1 saturated carbocycles. The Balaban J connectivity index is 2.02. The van der Waals surface area contributed by atoms with E-state index in [0.717, 1.165) is 48.1 Å². The van der Waals surface area contributed by atoms with Gasteiger partial charge in [0.25, 0.3) is 0 Å². The lowest BCUT2D eigenvalue weighted by molar-refractivity contribution is 0.432. The third-order valence-electron chi connectivity index (χ3n) is 4.26. The SMILES string of the molecule is CCc1nn(CC)c(CC(N)CC2CCCC2)c1Cl. The first kappa shape index (κ1) is 14.9. The van der Waals surface area contributed by atoms with Crippen LogP contribution in [0.15, 0.2) is 0 Å². The third kappa shape index (κ3) is 3.51. The molecular weight excluding hydrogens is 258 g/mol. The van der Waals surface area contributed by atoms with Gasteiger partial charge in [-0.25, -0.2) is 0 Å². The van der Waals surface area contributed by atoms with E-state index in [9.17, 15) is 0 Å². The molecule has 1 aromatic rings. The zero-order chi connectivity index (χ0) is 13.8. The Kier molecular flexibility index (Phi) is 5.28. The topological polar surface area (TPSA) is 43.8 Å². The number of hydrogen-bond donors (Lipinski definition) is 1. The molecule has 19 heavy (non-hydrogen) atoms. The molecule has 3 nitrogen and oxygen atoms in total. The van der Waals surface area contributed by atoms with Gasteiger partial charge in [0.1, 0.15) is 0 Å². The lowest BCUT2D eigenvalue weighted by atomic mass is 9.96. The molecule has 0 aliphatic heterocycles. The minimum atomic E-state index is 0.215. The van der Waals surface area contributed by atoms with Crippen molar-refractivity contribution in [2.45, 2.75) is 71.4 Å². The van der Waals surface area contributed by atoms with Crippen molar-refractivity contribution in [2.75, 3.05) is 0 Å².